The smallest absolute Gasteiger partial charge is 0.248 e. The highest BCUT2D eigenvalue weighted by atomic mass is 79.9. The Balaban J connectivity index is 1.92. The van der Waals surface area contributed by atoms with Crippen LogP contribution in [-0.2, 0) is 21.2 Å². The van der Waals surface area contributed by atoms with Gasteiger partial charge in [0, 0.05) is 16.2 Å². The fourth-order valence-corrected chi connectivity index (χ4v) is 4.40. The molecule has 0 N–H and O–H groups in total. The zero-order valence-corrected chi connectivity index (χ0v) is 16.4. The number of carbonyl (C=O) groups excluding carboxylic acids is 1. The van der Waals surface area contributed by atoms with Gasteiger partial charge in [0.1, 0.15) is 6.54 Å². The van der Waals surface area contributed by atoms with Crippen molar-refractivity contribution in [2.24, 2.45) is 0 Å². The number of para-hydroxylation sites is 1. The van der Waals surface area contributed by atoms with Crippen LogP contribution in [0.4, 0.5) is 11.4 Å². The van der Waals surface area contributed by atoms with E-state index < -0.39 is 10.0 Å². The molecule has 0 bridgehead atoms. The molecule has 3 rings (SSSR count). The van der Waals surface area contributed by atoms with Crippen molar-refractivity contribution < 1.29 is 13.2 Å². The number of hydrogen-bond acceptors (Lipinski definition) is 3. The molecule has 25 heavy (non-hydrogen) atoms. The highest BCUT2D eigenvalue weighted by Gasteiger charge is 2.33. The summed E-state index contributed by atoms with van der Waals surface area (Å²) in [5.74, 6) is -0.233. The van der Waals surface area contributed by atoms with Crippen LogP contribution in [0, 0.1) is 0 Å². The van der Waals surface area contributed by atoms with E-state index in [2.05, 4.69) is 15.9 Å². The molecule has 0 unspecified atom stereocenters. The molecule has 0 saturated heterocycles. The van der Waals surface area contributed by atoms with Gasteiger partial charge in [0.05, 0.1) is 11.9 Å². The average molecular weight is 423 g/mol. The van der Waals surface area contributed by atoms with Crippen molar-refractivity contribution >= 4 is 43.2 Å². The Bertz CT molecular complexity index is 914. The van der Waals surface area contributed by atoms with Crippen molar-refractivity contribution in [1.82, 2.24) is 0 Å². The Hall–Kier alpha value is -1.86. The van der Waals surface area contributed by atoms with E-state index in [1.54, 1.807) is 23.1 Å². The third-order valence-electron chi connectivity index (χ3n) is 4.25. The van der Waals surface area contributed by atoms with Crippen molar-refractivity contribution in [1.29, 1.82) is 0 Å². The fourth-order valence-electron chi connectivity index (χ4n) is 3.18. The quantitative estimate of drug-likeness (QED) is 0.759. The minimum atomic E-state index is -3.59. The van der Waals surface area contributed by atoms with Gasteiger partial charge in [-0.15, -0.1) is 0 Å². The molecule has 1 heterocycles. The van der Waals surface area contributed by atoms with Crippen LogP contribution in [0.3, 0.4) is 0 Å². The van der Waals surface area contributed by atoms with Crippen LogP contribution in [0.15, 0.2) is 53.0 Å². The summed E-state index contributed by atoms with van der Waals surface area (Å²) in [5.41, 5.74) is 2.43. The molecule has 0 fully saturated rings. The maximum absolute atomic E-state index is 12.9. The van der Waals surface area contributed by atoms with E-state index in [9.17, 15) is 13.2 Å². The number of benzene rings is 2. The lowest BCUT2D eigenvalue weighted by Gasteiger charge is -2.28. The van der Waals surface area contributed by atoms with E-state index in [0.29, 0.717) is 5.69 Å². The fraction of sp³-hybridized carbons (Fsp3) is 0.278. The summed E-state index contributed by atoms with van der Waals surface area (Å²) in [7, 11) is -3.59. The van der Waals surface area contributed by atoms with Crippen LogP contribution in [0.1, 0.15) is 12.5 Å². The van der Waals surface area contributed by atoms with Crippen LogP contribution in [0.25, 0.3) is 0 Å². The van der Waals surface area contributed by atoms with E-state index in [1.807, 2.05) is 37.3 Å². The van der Waals surface area contributed by atoms with Crippen LogP contribution in [0.2, 0.25) is 0 Å². The van der Waals surface area contributed by atoms with E-state index in [1.165, 1.54) is 0 Å². The summed E-state index contributed by atoms with van der Waals surface area (Å²) in [6.07, 6.45) is 1.89. The van der Waals surface area contributed by atoms with E-state index >= 15 is 0 Å². The van der Waals surface area contributed by atoms with Gasteiger partial charge in [0.2, 0.25) is 15.9 Å². The highest BCUT2D eigenvalue weighted by Crippen LogP contribution is 2.32. The highest BCUT2D eigenvalue weighted by molar-refractivity contribution is 9.10. The molecule has 132 valence electrons. The predicted molar refractivity (Wildman–Crippen MR) is 103 cm³/mol. The number of hydrogen-bond donors (Lipinski definition) is 0. The summed E-state index contributed by atoms with van der Waals surface area (Å²) in [4.78, 5) is 14.6. The van der Waals surface area contributed by atoms with Gasteiger partial charge in [-0.2, -0.15) is 0 Å². The number of amides is 1. The molecule has 1 amide bonds. The first-order valence-electron chi connectivity index (χ1n) is 7.90. The molecular formula is C18H19BrN2O3S. The van der Waals surface area contributed by atoms with Crippen molar-refractivity contribution in [3.63, 3.8) is 0 Å². The maximum Gasteiger partial charge on any atom is 0.248 e. The second-order valence-electron chi connectivity index (χ2n) is 6.20. The van der Waals surface area contributed by atoms with Crippen molar-refractivity contribution in [2.45, 2.75) is 19.4 Å². The van der Waals surface area contributed by atoms with E-state index in [0.717, 1.165) is 32.7 Å². The summed E-state index contributed by atoms with van der Waals surface area (Å²) in [6.45, 7) is 1.75. The van der Waals surface area contributed by atoms with Gasteiger partial charge in [-0.05, 0) is 43.2 Å². The summed E-state index contributed by atoms with van der Waals surface area (Å²) >= 11 is 3.34. The molecule has 0 aliphatic carbocycles. The molecule has 0 radical (unpaired) electrons. The van der Waals surface area contributed by atoms with Crippen molar-refractivity contribution in [3.05, 3.63) is 58.6 Å². The van der Waals surface area contributed by atoms with Gasteiger partial charge in [-0.3, -0.25) is 9.10 Å². The summed E-state index contributed by atoms with van der Waals surface area (Å²) in [5, 5.41) is 0. The first-order valence-corrected chi connectivity index (χ1v) is 10.5. The minimum absolute atomic E-state index is 0.00817. The molecule has 1 aliphatic rings. The lowest BCUT2D eigenvalue weighted by molar-refractivity contribution is -0.117. The molecule has 1 atom stereocenters. The third kappa shape index (κ3) is 3.72. The van der Waals surface area contributed by atoms with Gasteiger partial charge in [0.25, 0.3) is 0 Å². The largest absolute Gasteiger partial charge is 0.307 e. The number of rotatable bonds is 4. The first kappa shape index (κ1) is 17.9. The maximum atomic E-state index is 12.9. The van der Waals surface area contributed by atoms with Gasteiger partial charge in [-0.1, -0.05) is 40.2 Å². The number of nitrogens with zero attached hydrogens (tertiary/aromatic N) is 2. The molecule has 5 nitrogen and oxygen atoms in total. The average Bonchev–Trinajstić information content (AvgIpc) is 2.87. The number of anilines is 2. The SMILES string of the molecule is C[C@H]1Cc2ccccc2N1C(=O)CN(c1cccc(Br)c1)S(C)(=O)=O. The zero-order chi connectivity index (χ0) is 18.2. The molecule has 0 saturated carbocycles. The van der Waals surface area contributed by atoms with E-state index in [4.69, 9.17) is 0 Å². The van der Waals surface area contributed by atoms with Crippen LogP contribution in [-0.4, -0.2) is 33.2 Å². The second-order valence-corrected chi connectivity index (χ2v) is 9.02. The van der Waals surface area contributed by atoms with Crippen molar-refractivity contribution in [3.8, 4) is 0 Å². The standard InChI is InChI=1S/C18H19BrN2O3S/c1-13-10-14-6-3-4-9-17(14)21(13)18(22)12-20(25(2,23)24)16-8-5-7-15(19)11-16/h3-9,11,13H,10,12H2,1-2H3/t13-/m0/s1. The molecule has 1 aliphatic heterocycles. The van der Waals surface area contributed by atoms with Gasteiger partial charge < -0.3 is 4.90 Å². The Labute approximate surface area is 156 Å². The molecule has 0 spiro atoms. The first-order chi connectivity index (χ1) is 11.8. The number of fused-ring (bicyclic) bond motifs is 1. The number of halogens is 1. The van der Waals surface area contributed by atoms with E-state index in [-0.39, 0.29) is 18.5 Å². The topological polar surface area (TPSA) is 57.7 Å². The third-order valence-corrected chi connectivity index (χ3v) is 5.89. The number of sulfonamides is 1. The summed E-state index contributed by atoms with van der Waals surface area (Å²) < 4.78 is 26.4. The second kappa shape index (κ2) is 6.80. The van der Waals surface area contributed by atoms with Gasteiger partial charge in [-0.25, -0.2) is 8.42 Å². The Kier molecular flexibility index (Phi) is 4.88. The Morgan fingerprint density at radius 1 is 1.24 bits per heavy atom. The van der Waals surface area contributed by atoms with Gasteiger partial charge >= 0.3 is 0 Å². The number of carbonyl (C=O) groups is 1. The predicted octanol–water partition coefficient (Wildman–Crippen LogP) is 3.19. The lowest BCUT2D eigenvalue weighted by Crippen LogP contribution is -2.45. The lowest BCUT2D eigenvalue weighted by atomic mass is 10.1. The molecule has 2 aromatic carbocycles. The Morgan fingerprint density at radius 2 is 1.96 bits per heavy atom. The minimum Gasteiger partial charge on any atom is -0.307 e. The van der Waals surface area contributed by atoms with Crippen LogP contribution in [0.5, 0.6) is 0 Å². The molecule has 0 aromatic heterocycles. The monoisotopic (exact) mass is 422 g/mol. The Morgan fingerprint density at radius 3 is 2.64 bits per heavy atom. The molecular weight excluding hydrogens is 404 g/mol. The van der Waals surface area contributed by atoms with Gasteiger partial charge in [0.15, 0.2) is 0 Å². The van der Waals surface area contributed by atoms with Crippen LogP contribution < -0.4 is 9.21 Å². The molecule has 7 heteroatoms. The zero-order valence-electron chi connectivity index (χ0n) is 14.0. The summed E-state index contributed by atoms with van der Waals surface area (Å²) in [6, 6.07) is 14.7. The molecule has 2 aromatic rings. The van der Waals surface area contributed by atoms with Crippen LogP contribution >= 0.6 is 15.9 Å². The normalized spacial score (nSPS) is 16.6. The van der Waals surface area contributed by atoms with Crippen molar-refractivity contribution in [2.75, 3.05) is 22.0 Å².